The lowest BCUT2D eigenvalue weighted by molar-refractivity contribution is 0.365. The van der Waals surface area contributed by atoms with E-state index < -0.39 is 0 Å². The molecule has 1 heterocycles. The van der Waals surface area contributed by atoms with E-state index in [9.17, 15) is 0 Å². The Kier molecular flexibility index (Phi) is 3.83. The fourth-order valence-electron chi connectivity index (χ4n) is 3.10. The number of hydrogen-bond acceptors (Lipinski definition) is 4. The number of rotatable bonds is 4. The summed E-state index contributed by atoms with van der Waals surface area (Å²) in [5, 5.41) is 11.8. The van der Waals surface area contributed by atoms with Gasteiger partial charge in [-0.25, -0.2) is 0 Å². The number of nitrogens with one attached hydrogen (secondary N) is 1. The van der Waals surface area contributed by atoms with Crippen LogP contribution >= 0.6 is 0 Å². The molecule has 1 aromatic heterocycles. The highest BCUT2D eigenvalue weighted by Gasteiger charge is 2.30. The molecule has 1 aliphatic carbocycles. The standard InChI is InChI=1S/C16H21N3O/c1-11-7-6-10-13(11)15-18-19-16(20-15)14(17-2)12-8-4-3-5-9-12/h3-5,8-9,11,13-14,17H,6-7,10H2,1-2H3. The molecule has 3 rings (SSSR count). The maximum absolute atomic E-state index is 5.96. The van der Waals surface area contributed by atoms with Crippen molar-refractivity contribution in [1.29, 1.82) is 0 Å². The number of benzene rings is 1. The van der Waals surface area contributed by atoms with Gasteiger partial charge >= 0.3 is 0 Å². The fourth-order valence-corrected chi connectivity index (χ4v) is 3.10. The second-order valence-corrected chi connectivity index (χ2v) is 5.63. The molecule has 1 aromatic carbocycles. The summed E-state index contributed by atoms with van der Waals surface area (Å²) in [7, 11) is 1.92. The van der Waals surface area contributed by atoms with Crippen LogP contribution in [0.2, 0.25) is 0 Å². The van der Waals surface area contributed by atoms with Crippen LogP contribution in [0, 0.1) is 5.92 Å². The molecule has 1 saturated carbocycles. The highest BCUT2D eigenvalue weighted by molar-refractivity contribution is 5.23. The summed E-state index contributed by atoms with van der Waals surface area (Å²) >= 11 is 0. The van der Waals surface area contributed by atoms with Gasteiger partial charge in [0.25, 0.3) is 0 Å². The largest absolute Gasteiger partial charge is 0.423 e. The molecule has 0 aliphatic heterocycles. The molecule has 4 nitrogen and oxygen atoms in total. The molecule has 3 atom stereocenters. The van der Waals surface area contributed by atoms with Gasteiger partial charge in [0, 0.05) is 5.92 Å². The number of aromatic nitrogens is 2. The molecule has 106 valence electrons. The lowest BCUT2D eigenvalue weighted by Gasteiger charge is -2.13. The molecule has 2 aromatic rings. The van der Waals surface area contributed by atoms with Crippen molar-refractivity contribution in [2.24, 2.45) is 5.92 Å². The van der Waals surface area contributed by atoms with Crippen molar-refractivity contribution in [3.63, 3.8) is 0 Å². The van der Waals surface area contributed by atoms with E-state index in [4.69, 9.17) is 4.42 Å². The van der Waals surface area contributed by atoms with Gasteiger partial charge in [-0.3, -0.25) is 0 Å². The molecule has 4 heteroatoms. The van der Waals surface area contributed by atoms with Crippen LogP contribution in [0.3, 0.4) is 0 Å². The first-order valence-corrected chi connectivity index (χ1v) is 7.35. The zero-order valence-electron chi connectivity index (χ0n) is 12.0. The Bertz CT molecular complexity index is 552. The Balaban J connectivity index is 1.85. The van der Waals surface area contributed by atoms with Crippen LogP contribution in [-0.2, 0) is 0 Å². The van der Waals surface area contributed by atoms with Gasteiger partial charge in [-0.05, 0) is 31.4 Å². The van der Waals surface area contributed by atoms with E-state index in [0.29, 0.717) is 17.7 Å². The third-order valence-electron chi connectivity index (χ3n) is 4.30. The molecule has 20 heavy (non-hydrogen) atoms. The first-order chi connectivity index (χ1) is 9.79. The average molecular weight is 271 g/mol. The van der Waals surface area contributed by atoms with E-state index in [2.05, 4.69) is 34.6 Å². The van der Waals surface area contributed by atoms with Gasteiger partial charge < -0.3 is 9.73 Å². The third kappa shape index (κ3) is 2.48. The maximum atomic E-state index is 5.96. The molecule has 0 radical (unpaired) electrons. The quantitative estimate of drug-likeness (QED) is 0.927. The molecule has 0 spiro atoms. The van der Waals surface area contributed by atoms with Crippen molar-refractivity contribution in [3.8, 4) is 0 Å². The number of nitrogens with zero attached hydrogens (tertiary/aromatic N) is 2. The maximum Gasteiger partial charge on any atom is 0.237 e. The van der Waals surface area contributed by atoms with Crippen molar-refractivity contribution in [2.75, 3.05) is 7.05 Å². The topological polar surface area (TPSA) is 51.0 Å². The fraction of sp³-hybridized carbons (Fsp3) is 0.500. The van der Waals surface area contributed by atoms with Gasteiger partial charge in [-0.15, -0.1) is 10.2 Å². The first-order valence-electron chi connectivity index (χ1n) is 7.35. The second kappa shape index (κ2) is 5.75. The molecule has 1 N–H and O–H groups in total. The molecule has 1 aliphatic rings. The minimum absolute atomic E-state index is 0.0332. The lowest BCUT2D eigenvalue weighted by atomic mass is 9.98. The van der Waals surface area contributed by atoms with Crippen LogP contribution in [0.5, 0.6) is 0 Å². The molecule has 0 bridgehead atoms. The van der Waals surface area contributed by atoms with Crippen LogP contribution in [0.25, 0.3) is 0 Å². The molecule has 0 amide bonds. The first kappa shape index (κ1) is 13.3. The summed E-state index contributed by atoms with van der Waals surface area (Å²) in [6.45, 7) is 2.27. The summed E-state index contributed by atoms with van der Waals surface area (Å²) < 4.78 is 5.96. The molecule has 0 saturated heterocycles. The highest BCUT2D eigenvalue weighted by atomic mass is 16.4. The molecular formula is C16H21N3O. The predicted molar refractivity (Wildman–Crippen MR) is 77.4 cm³/mol. The smallest absolute Gasteiger partial charge is 0.237 e. The summed E-state index contributed by atoms with van der Waals surface area (Å²) in [6, 6.07) is 10.2. The van der Waals surface area contributed by atoms with E-state index in [1.54, 1.807) is 0 Å². The summed E-state index contributed by atoms with van der Waals surface area (Å²) in [6.07, 6.45) is 3.69. The minimum Gasteiger partial charge on any atom is -0.423 e. The average Bonchev–Trinajstić information content (AvgIpc) is 3.10. The Morgan fingerprint density at radius 2 is 2.00 bits per heavy atom. The van der Waals surface area contributed by atoms with E-state index in [1.807, 2.05) is 25.2 Å². The minimum atomic E-state index is -0.0332. The van der Waals surface area contributed by atoms with Gasteiger partial charge in [-0.1, -0.05) is 43.7 Å². The van der Waals surface area contributed by atoms with Crippen LogP contribution in [0.15, 0.2) is 34.7 Å². The Labute approximate surface area is 119 Å². The normalized spacial score (nSPS) is 23.9. The summed E-state index contributed by atoms with van der Waals surface area (Å²) in [5.41, 5.74) is 1.14. The van der Waals surface area contributed by atoms with E-state index in [0.717, 1.165) is 11.5 Å². The van der Waals surface area contributed by atoms with Crippen molar-refractivity contribution in [3.05, 3.63) is 47.7 Å². The highest BCUT2D eigenvalue weighted by Crippen LogP contribution is 2.39. The molecule has 1 fully saturated rings. The third-order valence-corrected chi connectivity index (χ3v) is 4.30. The van der Waals surface area contributed by atoms with Gasteiger partial charge in [-0.2, -0.15) is 0 Å². The summed E-state index contributed by atoms with van der Waals surface area (Å²) in [4.78, 5) is 0. The van der Waals surface area contributed by atoms with Crippen molar-refractivity contribution in [2.45, 2.75) is 38.1 Å². The van der Waals surface area contributed by atoms with Crippen LogP contribution in [0.1, 0.15) is 55.5 Å². The second-order valence-electron chi connectivity index (χ2n) is 5.63. The Morgan fingerprint density at radius 3 is 2.65 bits per heavy atom. The SMILES string of the molecule is CNC(c1ccccc1)c1nnc(C2CCCC2C)o1. The van der Waals surface area contributed by atoms with Gasteiger partial charge in [0.15, 0.2) is 0 Å². The predicted octanol–water partition coefficient (Wildman–Crippen LogP) is 3.28. The monoisotopic (exact) mass is 271 g/mol. The van der Waals surface area contributed by atoms with Crippen molar-refractivity contribution >= 4 is 0 Å². The lowest BCUT2D eigenvalue weighted by Crippen LogP contribution is -2.17. The van der Waals surface area contributed by atoms with E-state index in [1.165, 1.54) is 19.3 Å². The summed E-state index contributed by atoms with van der Waals surface area (Å²) in [5.74, 6) is 2.55. The zero-order valence-corrected chi connectivity index (χ0v) is 12.0. The van der Waals surface area contributed by atoms with Gasteiger partial charge in [0.2, 0.25) is 11.8 Å². The van der Waals surface area contributed by atoms with E-state index in [-0.39, 0.29) is 6.04 Å². The molecule has 3 unspecified atom stereocenters. The van der Waals surface area contributed by atoms with Crippen molar-refractivity contribution < 1.29 is 4.42 Å². The van der Waals surface area contributed by atoms with Crippen molar-refractivity contribution in [1.82, 2.24) is 15.5 Å². The number of hydrogen-bond donors (Lipinski definition) is 1. The Hall–Kier alpha value is -1.68. The Morgan fingerprint density at radius 1 is 1.20 bits per heavy atom. The molecular weight excluding hydrogens is 250 g/mol. The van der Waals surface area contributed by atoms with Crippen LogP contribution in [0.4, 0.5) is 0 Å². The van der Waals surface area contributed by atoms with Gasteiger partial charge in [0.05, 0.1) is 0 Å². The van der Waals surface area contributed by atoms with Crippen LogP contribution < -0.4 is 5.32 Å². The van der Waals surface area contributed by atoms with Crippen LogP contribution in [-0.4, -0.2) is 17.2 Å². The van der Waals surface area contributed by atoms with Gasteiger partial charge in [0.1, 0.15) is 6.04 Å². The van der Waals surface area contributed by atoms with E-state index >= 15 is 0 Å². The zero-order chi connectivity index (χ0) is 13.9.